The molecule has 3 aromatic rings. The molecular weight excluding hydrogens is 496 g/mol. The second-order valence-corrected chi connectivity index (χ2v) is 11.5. The fourth-order valence-corrected chi connectivity index (χ4v) is 6.11. The molecule has 1 unspecified atom stereocenters. The van der Waals surface area contributed by atoms with Crippen LogP contribution in [0, 0.1) is 6.92 Å². The highest BCUT2D eigenvalue weighted by Crippen LogP contribution is 2.42. The number of nitrogens with one attached hydrogen (secondary N) is 1. The van der Waals surface area contributed by atoms with E-state index in [0.29, 0.717) is 17.1 Å². The normalized spacial score (nSPS) is 16.5. The maximum atomic E-state index is 13.6. The highest BCUT2D eigenvalue weighted by Gasteiger charge is 2.39. The first-order chi connectivity index (χ1) is 17.2. The van der Waals surface area contributed by atoms with Crippen molar-refractivity contribution in [2.75, 3.05) is 10.8 Å². The summed E-state index contributed by atoms with van der Waals surface area (Å²) in [5.74, 6) is 0.359. The maximum Gasteiger partial charge on any atom is 0.264 e. The number of rotatable bonds is 8. The zero-order chi connectivity index (χ0) is 25.9. The van der Waals surface area contributed by atoms with E-state index in [2.05, 4.69) is 19.2 Å². The lowest BCUT2D eigenvalue weighted by Crippen LogP contribution is -2.47. The second-order valence-electron chi connectivity index (χ2n) is 9.16. The smallest absolute Gasteiger partial charge is 0.264 e. The van der Waals surface area contributed by atoms with Crippen molar-refractivity contribution in [2.45, 2.75) is 56.6 Å². The molecular formula is C28H31ClN2O4S. The summed E-state index contributed by atoms with van der Waals surface area (Å²) in [5, 5.41) is 3.53. The Morgan fingerprint density at radius 1 is 1.03 bits per heavy atom. The average Bonchev–Trinajstić information content (AvgIpc) is 2.88. The first kappa shape index (κ1) is 26.0. The number of aryl methyl sites for hydroxylation is 1. The van der Waals surface area contributed by atoms with E-state index in [0.717, 1.165) is 34.0 Å². The van der Waals surface area contributed by atoms with Gasteiger partial charge in [-0.3, -0.25) is 9.10 Å². The molecule has 190 valence electrons. The molecule has 4 rings (SSSR count). The molecule has 6 nitrogen and oxygen atoms in total. The van der Waals surface area contributed by atoms with Crippen LogP contribution in [0.5, 0.6) is 5.75 Å². The molecule has 8 heteroatoms. The fraction of sp³-hybridized carbons (Fsp3) is 0.321. The molecule has 0 radical (unpaired) electrons. The number of carbonyl (C=O) groups is 1. The molecule has 3 aromatic carbocycles. The number of amides is 1. The first-order valence-corrected chi connectivity index (χ1v) is 13.9. The Morgan fingerprint density at radius 3 is 2.31 bits per heavy atom. The van der Waals surface area contributed by atoms with Gasteiger partial charge in [-0.1, -0.05) is 61.3 Å². The van der Waals surface area contributed by atoms with Crippen LogP contribution in [0.2, 0.25) is 5.02 Å². The minimum atomic E-state index is -4.02. The Morgan fingerprint density at radius 2 is 1.67 bits per heavy atom. The molecule has 0 spiro atoms. The number of hydrogen-bond acceptors (Lipinski definition) is 4. The van der Waals surface area contributed by atoms with E-state index in [9.17, 15) is 13.2 Å². The van der Waals surface area contributed by atoms with Crippen molar-refractivity contribution in [2.24, 2.45) is 0 Å². The van der Waals surface area contributed by atoms with Crippen LogP contribution in [0.4, 0.5) is 5.69 Å². The van der Waals surface area contributed by atoms with E-state index in [1.165, 1.54) is 24.3 Å². The van der Waals surface area contributed by atoms with Gasteiger partial charge in [0.2, 0.25) is 5.91 Å². The molecule has 1 aliphatic heterocycles. The number of benzene rings is 3. The zero-order valence-corrected chi connectivity index (χ0v) is 22.3. The van der Waals surface area contributed by atoms with Crippen molar-refractivity contribution < 1.29 is 17.9 Å². The molecule has 0 aromatic heterocycles. The molecule has 0 fully saturated rings. The van der Waals surface area contributed by atoms with Gasteiger partial charge in [0, 0.05) is 17.0 Å². The minimum absolute atomic E-state index is 0.0627. The maximum absolute atomic E-state index is 13.6. The quantitative estimate of drug-likeness (QED) is 0.388. The van der Waals surface area contributed by atoms with Crippen LogP contribution in [0.15, 0.2) is 77.7 Å². The molecule has 1 aliphatic rings. The molecule has 0 saturated carbocycles. The van der Waals surface area contributed by atoms with Gasteiger partial charge in [-0.05, 0) is 62.2 Å². The monoisotopic (exact) mass is 526 g/mol. The fourth-order valence-electron chi connectivity index (χ4n) is 4.56. The Bertz CT molecular complexity index is 1320. The standard InChI is InChI=1S/C28H31ClN2O4S/c1-4-28(5-2)18-25(24-8-6-7-9-26(24)35-28)30-27(32)19-31(22-14-10-20(3)11-15-22)36(33,34)23-16-12-21(29)13-17-23/h6-17,25H,4-5,18-19H2,1-3H3,(H,30,32). The summed E-state index contributed by atoms with van der Waals surface area (Å²) in [5.41, 5.74) is 1.90. The Labute approximate surface area is 218 Å². The third-order valence-corrected chi connectivity index (χ3v) is 8.87. The molecule has 1 atom stereocenters. The number of halogens is 1. The number of carbonyl (C=O) groups excluding carboxylic acids is 1. The Balaban J connectivity index is 1.65. The number of ether oxygens (including phenoxy) is 1. The summed E-state index contributed by atoms with van der Waals surface area (Å²) < 4.78 is 34.8. The largest absolute Gasteiger partial charge is 0.487 e. The number of sulfonamides is 1. The van der Waals surface area contributed by atoms with Crippen molar-refractivity contribution in [1.82, 2.24) is 5.32 Å². The summed E-state index contributed by atoms with van der Waals surface area (Å²) >= 11 is 5.97. The van der Waals surface area contributed by atoms with Gasteiger partial charge in [-0.2, -0.15) is 0 Å². The van der Waals surface area contributed by atoms with Crippen LogP contribution >= 0.6 is 11.6 Å². The molecule has 1 heterocycles. The van der Waals surface area contributed by atoms with Crippen LogP contribution < -0.4 is 14.4 Å². The molecule has 0 saturated heterocycles. The molecule has 1 N–H and O–H groups in total. The summed E-state index contributed by atoms with van der Waals surface area (Å²) in [6, 6.07) is 20.4. The summed E-state index contributed by atoms with van der Waals surface area (Å²) in [4.78, 5) is 13.5. The minimum Gasteiger partial charge on any atom is -0.487 e. The lowest BCUT2D eigenvalue weighted by Gasteiger charge is -2.41. The zero-order valence-electron chi connectivity index (χ0n) is 20.7. The van der Waals surface area contributed by atoms with Crippen molar-refractivity contribution in [3.8, 4) is 5.75 Å². The summed E-state index contributed by atoms with van der Waals surface area (Å²) in [7, 11) is -4.02. The average molecular weight is 527 g/mol. The van der Waals surface area contributed by atoms with Gasteiger partial charge in [0.1, 0.15) is 17.9 Å². The van der Waals surface area contributed by atoms with Crippen LogP contribution in [0.25, 0.3) is 0 Å². The van der Waals surface area contributed by atoms with Gasteiger partial charge < -0.3 is 10.1 Å². The van der Waals surface area contributed by atoms with E-state index in [1.807, 2.05) is 43.3 Å². The third kappa shape index (κ3) is 5.37. The van der Waals surface area contributed by atoms with E-state index >= 15 is 0 Å². The molecule has 1 amide bonds. The van der Waals surface area contributed by atoms with E-state index in [-0.39, 0.29) is 17.5 Å². The highest BCUT2D eigenvalue weighted by molar-refractivity contribution is 7.92. The SMILES string of the molecule is CCC1(CC)CC(NC(=O)CN(c2ccc(C)cc2)S(=O)(=O)c2ccc(Cl)cc2)c2ccccc2O1. The number of fused-ring (bicyclic) bond motifs is 1. The summed E-state index contributed by atoms with van der Waals surface area (Å²) in [6.07, 6.45) is 2.20. The van der Waals surface area contributed by atoms with Crippen LogP contribution in [0.1, 0.15) is 50.3 Å². The predicted molar refractivity (Wildman–Crippen MR) is 143 cm³/mol. The number of hydrogen-bond donors (Lipinski definition) is 1. The lowest BCUT2D eigenvalue weighted by atomic mass is 9.83. The summed E-state index contributed by atoms with van der Waals surface area (Å²) in [6.45, 7) is 5.71. The molecule has 36 heavy (non-hydrogen) atoms. The van der Waals surface area contributed by atoms with Crippen molar-refractivity contribution in [3.63, 3.8) is 0 Å². The Kier molecular flexibility index (Phi) is 7.62. The van der Waals surface area contributed by atoms with Gasteiger partial charge >= 0.3 is 0 Å². The van der Waals surface area contributed by atoms with Gasteiger partial charge in [0.25, 0.3) is 10.0 Å². The number of para-hydroxylation sites is 1. The third-order valence-electron chi connectivity index (χ3n) is 6.83. The lowest BCUT2D eigenvalue weighted by molar-refractivity contribution is -0.121. The topological polar surface area (TPSA) is 75.7 Å². The Hall–Kier alpha value is -3.03. The van der Waals surface area contributed by atoms with Crippen molar-refractivity contribution in [3.05, 3.63) is 88.9 Å². The van der Waals surface area contributed by atoms with E-state index < -0.39 is 21.5 Å². The van der Waals surface area contributed by atoms with E-state index in [4.69, 9.17) is 16.3 Å². The number of anilines is 1. The van der Waals surface area contributed by atoms with Gasteiger partial charge in [-0.15, -0.1) is 0 Å². The van der Waals surface area contributed by atoms with Crippen LogP contribution in [0.3, 0.4) is 0 Å². The van der Waals surface area contributed by atoms with Gasteiger partial charge in [0.15, 0.2) is 0 Å². The van der Waals surface area contributed by atoms with Gasteiger partial charge in [-0.25, -0.2) is 8.42 Å². The van der Waals surface area contributed by atoms with E-state index in [1.54, 1.807) is 12.1 Å². The molecule has 0 aliphatic carbocycles. The number of nitrogens with zero attached hydrogens (tertiary/aromatic N) is 1. The van der Waals surface area contributed by atoms with Crippen molar-refractivity contribution in [1.29, 1.82) is 0 Å². The van der Waals surface area contributed by atoms with Gasteiger partial charge in [0.05, 0.1) is 16.6 Å². The second kappa shape index (κ2) is 10.5. The predicted octanol–water partition coefficient (Wildman–Crippen LogP) is 6.04. The van der Waals surface area contributed by atoms with Crippen LogP contribution in [-0.2, 0) is 14.8 Å². The highest BCUT2D eigenvalue weighted by atomic mass is 35.5. The van der Waals surface area contributed by atoms with Crippen molar-refractivity contribution >= 4 is 33.2 Å². The van der Waals surface area contributed by atoms with Crippen LogP contribution in [-0.4, -0.2) is 26.5 Å². The first-order valence-electron chi connectivity index (χ1n) is 12.1. The molecule has 0 bridgehead atoms.